The van der Waals surface area contributed by atoms with Gasteiger partial charge in [0.1, 0.15) is 11.4 Å². The van der Waals surface area contributed by atoms with Crippen LogP contribution in [0.4, 0.5) is 15.0 Å². The fourth-order valence-electron chi connectivity index (χ4n) is 2.62. The largest absolute Gasteiger partial charge is 0.446 e. The van der Waals surface area contributed by atoms with Gasteiger partial charge in [-0.3, -0.25) is 4.52 Å². The van der Waals surface area contributed by atoms with Crippen molar-refractivity contribution in [2.45, 2.75) is 26.4 Å². The van der Waals surface area contributed by atoms with Crippen molar-refractivity contribution in [3.8, 4) is 17.2 Å². The van der Waals surface area contributed by atoms with Crippen molar-refractivity contribution in [3.05, 3.63) is 39.0 Å². The average molecular weight is 628 g/mol. The first-order chi connectivity index (χ1) is 16.7. The summed E-state index contributed by atoms with van der Waals surface area (Å²) in [7, 11) is -0.451. The number of benzene rings is 1. The molecule has 3 aromatic rings. The Balaban J connectivity index is 1.74. The third kappa shape index (κ3) is 6.27. The number of amides is 1. The normalized spacial score (nSPS) is 12.1. The second-order valence-corrected chi connectivity index (χ2v) is 12.5. The van der Waals surface area contributed by atoms with Crippen molar-refractivity contribution in [3.63, 3.8) is 0 Å². The Hall–Kier alpha value is -2.45. The fourth-order valence-corrected chi connectivity index (χ4v) is 4.93. The minimum Gasteiger partial charge on any atom is -0.443 e. The minimum absolute atomic E-state index is 0.0175. The third-order valence-electron chi connectivity index (χ3n) is 4.21. The number of anilines is 1. The molecular weight excluding hydrogens is 607 g/mol. The summed E-state index contributed by atoms with van der Waals surface area (Å²) in [5.74, 6) is -1.49. The van der Waals surface area contributed by atoms with E-state index in [0.29, 0.717) is 4.08 Å². The predicted molar refractivity (Wildman–Crippen MR) is 135 cm³/mol. The molecule has 0 aliphatic rings. The maximum absolute atomic E-state index is 13.6. The molecule has 36 heavy (non-hydrogen) atoms. The smallest absolute Gasteiger partial charge is 0.443 e. The lowest BCUT2D eigenvalue weighted by Gasteiger charge is -2.27. The summed E-state index contributed by atoms with van der Waals surface area (Å²) in [4.78, 5) is 24.4. The SMILES string of the molecule is CC(C)(C)OC(=O)N(P)S(=O)(=O)N(P)CCNc1nonc1-c1noc(=O)n1-c1ccc(F)c(Br)c1. The molecule has 3 rings (SSSR count). The van der Waals surface area contributed by atoms with Gasteiger partial charge in [-0.25, -0.2) is 23.2 Å². The van der Waals surface area contributed by atoms with Crippen LogP contribution in [0.5, 0.6) is 0 Å². The van der Waals surface area contributed by atoms with Gasteiger partial charge < -0.3 is 10.1 Å². The number of carbonyl (C=O) groups is 1. The van der Waals surface area contributed by atoms with Crippen LogP contribution < -0.4 is 11.1 Å². The van der Waals surface area contributed by atoms with E-state index in [-0.39, 0.29) is 40.6 Å². The molecule has 0 aliphatic carbocycles. The molecule has 2 heterocycles. The Bertz CT molecular complexity index is 1420. The van der Waals surface area contributed by atoms with Crippen molar-refractivity contribution < 1.29 is 31.5 Å². The predicted octanol–water partition coefficient (Wildman–Crippen LogP) is 2.55. The van der Waals surface area contributed by atoms with Crippen LogP contribution in [0.15, 0.2) is 36.6 Å². The number of rotatable bonds is 8. The van der Waals surface area contributed by atoms with Gasteiger partial charge in [0.2, 0.25) is 11.6 Å². The number of nitrogens with zero attached hydrogens (tertiary/aromatic N) is 6. The lowest BCUT2D eigenvalue weighted by atomic mass is 10.2. The summed E-state index contributed by atoms with van der Waals surface area (Å²) < 4.78 is 55.8. The van der Waals surface area contributed by atoms with Gasteiger partial charge in [0.25, 0.3) is 0 Å². The lowest BCUT2D eigenvalue weighted by molar-refractivity contribution is 0.0482. The number of carbonyl (C=O) groups excluding carboxylic acids is 1. The standard InChI is InChI=1S/C17H21BrFN7O7P2S/c1-17(2,3)31-16(28)26(35)36(29,30)24(34)7-6-20-13-12(21-33-22-13)14-23-32-15(27)25(14)9-4-5-11(19)10(18)8-9/h4-5,8H,6-7,34-35H2,1-3H3,(H,20,22). The highest BCUT2D eigenvalue weighted by molar-refractivity contribution is 9.10. The first-order valence-electron chi connectivity index (χ1n) is 9.88. The van der Waals surface area contributed by atoms with Crippen LogP contribution in [-0.2, 0) is 14.9 Å². The van der Waals surface area contributed by atoms with Crippen molar-refractivity contribution in [1.29, 1.82) is 0 Å². The van der Waals surface area contributed by atoms with Gasteiger partial charge in [0, 0.05) is 13.1 Å². The quantitative estimate of drug-likeness (QED) is 0.365. The van der Waals surface area contributed by atoms with Gasteiger partial charge in [-0.15, -0.1) is 0 Å². The van der Waals surface area contributed by atoms with Gasteiger partial charge in [0.05, 0.1) is 10.2 Å². The zero-order valence-corrected chi connectivity index (χ0v) is 23.7. The number of hydrogen-bond donors (Lipinski definition) is 1. The van der Waals surface area contributed by atoms with E-state index in [9.17, 15) is 22.4 Å². The summed E-state index contributed by atoms with van der Waals surface area (Å²) in [6.45, 7) is 4.63. The van der Waals surface area contributed by atoms with Crippen LogP contribution in [-0.4, -0.2) is 61.4 Å². The molecule has 1 N–H and O–H groups in total. The second-order valence-electron chi connectivity index (χ2n) is 7.99. The number of aromatic nitrogens is 4. The van der Waals surface area contributed by atoms with Gasteiger partial charge in [-0.05, 0) is 84.0 Å². The summed E-state index contributed by atoms with van der Waals surface area (Å²) in [5.41, 5.74) is -0.693. The number of nitrogens with one attached hydrogen (secondary N) is 1. The van der Waals surface area contributed by atoms with E-state index in [4.69, 9.17) is 13.9 Å². The van der Waals surface area contributed by atoms with E-state index in [0.717, 1.165) is 14.7 Å². The molecule has 2 aromatic heterocycles. The zero-order chi connectivity index (χ0) is 26.8. The van der Waals surface area contributed by atoms with Crippen molar-refractivity contribution >= 4 is 56.8 Å². The highest BCUT2D eigenvalue weighted by Crippen LogP contribution is 2.26. The Morgan fingerprint density at radius 1 is 1.28 bits per heavy atom. The Labute approximate surface area is 217 Å². The maximum Gasteiger partial charge on any atom is 0.446 e. The van der Waals surface area contributed by atoms with E-state index >= 15 is 0 Å². The van der Waals surface area contributed by atoms with E-state index in [2.05, 4.69) is 36.7 Å². The molecule has 2 unspecified atom stereocenters. The van der Waals surface area contributed by atoms with E-state index < -0.39 is 33.5 Å². The summed E-state index contributed by atoms with van der Waals surface area (Å²) in [5, 5.41) is 13.9. The second kappa shape index (κ2) is 10.9. The molecule has 0 spiro atoms. The van der Waals surface area contributed by atoms with Crippen molar-refractivity contribution in [2.24, 2.45) is 0 Å². The maximum atomic E-state index is 13.6. The van der Waals surface area contributed by atoms with Crippen LogP contribution in [0.1, 0.15) is 20.8 Å². The molecule has 0 radical (unpaired) electrons. The molecular formula is C17H21BrFN7O7P2S. The molecule has 1 aromatic carbocycles. The molecule has 2 atom stereocenters. The highest BCUT2D eigenvalue weighted by Gasteiger charge is 2.32. The molecule has 0 saturated carbocycles. The average Bonchev–Trinajstić information content (AvgIpc) is 3.39. The number of ether oxygens (including phenoxy) is 1. The Morgan fingerprint density at radius 3 is 2.61 bits per heavy atom. The van der Waals surface area contributed by atoms with Crippen molar-refractivity contribution in [2.75, 3.05) is 18.4 Å². The van der Waals surface area contributed by atoms with E-state index in [1.165, 1.54) is 12.1 Å². The molecule has 0 aliphatic heterocycles. The van der Waals surface area contributed by atoms with Gasteiger partial charge in [-0.1, -0.05) is 5.16 Å². The van der Waals surface area contributed by atoms with Crippen LogP contribution in [0.3, 0.4) is 0 Å². The lowest BCUT2D eigenvalue weighted by Crippen LogP contribution is -2.41. The number of halogens is 2. The number of hydrogen-bond acceptors (Lipinski definition) is 11. The molecule has 19 heteroatoms. The summed E-state index contributed by atoms with van der Waals surface area (Å²) in [6.07, 6.45) is -1.08. The Kier molecular flexibility index (Phi) is 8.51. The third-order valence-corrected chi connectivity index (χ3v) is 8.31. The van der Waals surface area contributed by atoms with E-state index in [1.807, 2.05) is 9.39 Å². The topological polar surface area (TPSA) is 166 Å². The van der Waals surface area contributed by atoms with Crippen LogP contribution in [0.2, 0.25) is 0 Å². The highest BCUT2D eigenvalue weighted by atomic mass is 79.9. The monoisotopic (exact) mass is 627 g/mol. The summed E-state index contributed by atoms with van der Waals surface area (Å²) in [6, 6.07) is 3.82. The molecule has 0 saturated heterocycles. The Morgan fingerprint density at radius 2 is 1.97 bits per heavy atom. The molecule has 0 fully saturated rings. The molecule has 0 bridgehead atoms. The van der Waals surface area contributed by atoms with Gasteiger partial charge >= 0.3 is 22.1 Å². The zero-order valence-electron chi connectivity index (χ0n) is 19.0. The van der Waals surface area contributed by atoms with E-state index in [1.54, 1.807) is 30.2 Å². The molecule has 1 amide bonds. The van der Waals surface area contributed by atoms with Crippen LogP contribution in [0, 0.1) is 5.82 Å². The summed E-state index contributed by atoms with van der Waals surface area (Å²) >= 11 is 3.05. The van der Waals surface area contributed by atoms with Crippen LogP contribution in [0.25, 0.3) is 17.2 Å². The van der Waals surface area contributed by atoms with Gasteiger partial charge in [0.15, 0.2) is 5.69 Å². The molecule has 196 valence electrons. The minimum atomic E-state index is -4.25. The first-order valence-corrected chi connectivity index (χ1v) is 13.1. The van der Waals surface area contributed by atoms with Crippen LogP contribution >= 0.6 is 34.7 Å². The molecule has 14 nitrogen and oxygen atoms in total. The van der Waals surface area contributed by atoms with Crippen molar-refractivity contribution in [1.82, 2.24) is 28.2 Å². The fraction of sp³-hybridized carbons (Fsp3) is 0.353. The first kappa shape index (κ1) is 28.1. The van der Waals surface area contributed by atoms with Gasteiger partial charge in [-0.2, -0.15) is 16.6 Å².